The molecule has 0 aliphatic heterocycles. The molecule has 5 nitrogen and oxygen atoms in total. The minimum Gasteiger partial charge on any atom is -0.251 e. The van der Waals surface area contributed by atoms with Gasteiger partial charge in [0.15, 0.2) is 0 Å². The van der Waals surface area contributed by atoms with Gasteiger partial charge in [0.25, 0.3) is 0 Å². The Bertz CT molecular complexity index is 719. The van der Waals surface area contributed by atoms with Crippen molar-refractivity contribution in [3.63, 3.8) is 0 Å². The van der Waals surface area contributed by atoms with Crippen LogP contribution in [0.5, 0.6) is 0 Å². The monoisotopic (exact) mass is 437 g/mol. The summed E-state index contributed by atoms with van der Waals surface area (Å²) in [6.45, 7) is 4.52. The minimum atomic E-state index is 0.624. The molecule has 29 heavy (non-hydrogen) atoms. The predicted molar refractivity (Wildman–Crippen MR) is 126 cm³/mol. The van der Waals surface area contributed by atoms with Crippen LogP contribution in [-0.2, 0) is 12.8 Å². The van der Waals surface area contributed by atoms with Gasteiger partial charge in [0.05, 0.1) is 0 Å². The molecule has 0 aromatic carbocycles. The summed E-state index contributed by atoms with van der Waals surface area (Å²) >= 11 is 7.10. The summed E-state index contributed by atoms with van der Waals surface area (Å²) in [5.74, 6) is 0.984. The molecule has 0 saturated heterocycles. The lowest BCUT2D eigenvalue weighted by molar-refractivity contribution is 0.564. The largest absolute Gasteiger partial charge is 0.251 e. The second kappa shape index (κ2) is 14.8. The number of nitrogens with one attached hydrogen (secondary N) is 1. The molecule has 2 heterocycles. The van der Waals surface area contributed by atoms with Crippen LogP contribution in [0.4, 0.5) is 0 Å². The van der Waals surface area contributed by atoms with E-state index >= 15 is 0 Å². The van der Waals surface area contributed by atoms with E-state index < -0.39 is 0 Å². The molecule has 0 atom stereocenters. The number of aryl methyl sites for hydroxylation is 2. The summed E-state index contributed by atoms with van der Waals surface area (Å²) in [4.78, 5) is 0. The number of rotatable bonds is 17. The zero-order valence-corrected chi connectivity index (χ0v) is 20.1. The Kier molecular flexibility index (Phi) is 12.4. The van der Waals surface area contributed by atoms with Crippen molar-refractivity contribution in [2.24, 2.45) is 0 Å². The first-order chi connectivity index (χ1) is 14.3. The van der Waals surface area contributed by atoms with E-state index in [4.69, 9.17) is 12.2 Å². The quantitative estimate of drug-likeness (QED) is 0.207. The number of hydrogen-bond acceptors (Lipinski definition) is 5. The van der Waals surface area contributed by atoms with Gasteiger partial charge in [-0.05, 0) is 25.1 Å². The van der Waals surface area contributed by atoms with Crippen LogP contribution in [0.3, 0.4) is 0 Å². The third-order valence-corrected chi connectivity index (χ3v) is 6.63. The molecule has 0 amide bonds. The van der Waals surface area contributed by atoms with Crippen molar-refractivity contribution in [2.75, 3.05) is 0 Å². The smallest absolute Gasteiger partial charge is 0.220 e. The molecule has 2 aromatic rings. The van der Waals surface area contributed by atoms with Crippen molar-refractivity contribution in [3.05, 3.63) is 15.6 Å². The van der Waals surface area contributed by atoms with Gasteiger partial charge in [0.2, 0.25) is 9.90 Å². The summed E-state index contributed by atoms with van der Waals surface area (Å²) in [5, 5.41) is 18.1. The first kappa shape index (κ1) is 24.2. The Hall–Kier alpha value is -1.08. The molecule has 0 bridgehead atoms. The average Bonchev–Trinajstić information content (AvgIpc) is 3.32. The van der Waals surface area contributed by atoms with Crippen molar-refractivity contribution < 1.29 is 0 Å². The third-order valence-electron chi connectivity index (χ3n) is 5.39. The van der Waals surface area contributed by atoms with Crippen LogP contribution in [0.15, 0.2) is 0 Å². The maximum Gasteiger partial charge on any atom is 0.220 e. The second-order valence-corrected chi connectivity index (χ2v) is 9.43. The van der Waals surface area contributed by atoms with Crippen LogP contribution in [0.25, 0.3) is 5.13 Å². The molecule has 0 unspecified atom stereocenters. The summed E-state index contributed by atoms with van der Waals surface area (Å²) < 4.78 is 2.60. The Morgan fingerprint density at radius 2 is 1.31 bits per heavy atom. The van der Waals surface area contributed by atoms with E-state index in [0.29, 0.717) is 4.77 Å². The summed E-state index contributed by atoms with van der Waals surface area (Å²) in [6, 6.07) is 0. The minimum absolute atomic E-state index is 0.624. The molecule has 7 heteroatoms. The fourth-order valence-electron chi connectivity index (χ4n) is 3.60. The highest BCUT2D eigenvalue weighted by molar-refractivity contribution is 7.71. The molecule has 0 aliphatic carbocycles. The van der Waals surface area contributed by atoms with Gasteiger partial charge < -0.3 is 0 Å². The number of hydrogen-bond donors (Lipinski definition) is 1. The Morgan fingerprint density at radius 3 is 1.93 bits per heavy atom. The molecule has 0 saturated carbocycles. The van der Waals surface area contributed by atoms with E-state index in [1.54, 1.807) is 11.3 Å². The average molecular weight is 438 g/mol. The fourth-order valence-corrected chi connectivity index (χ4v) is 4.81. The highest BCUT2D eigenvalue weighted by atomic mass is 32.1. The lowest BCUT2D eigenvalue weighted by Gasteiger charge is -2.02. The topological polar surface area (TPSA) is 59.4 Å². The van der Waals surface area contributed by atoms with Gasteiger partial charge in [-0.3, -0.25) is 5.10 Å². The van der Waals surface area contributed by atoms with Crippen LogP contribution in [0, 0.1) is 4.77 Å². The van der Waals surface area contributed by atoms with Crippen LogP contribution in [0.2, 0.25) is 0 Å². The maximum atomic E-state index is 5.44. The first-order valence-electron chi connectivity index (χ1n) is 11.7. The van der Waals surface area contributed by atoms with Crippen molar-refractivity contribution in [1.82, 2.24) is 25.0 Å². The van der Waals surface area contributed by atoms with Crippen molar-refractivity contribution in [2.45, 2.75) is 117 Å². The Morgan fingerprint density at radius 1 is 0.759 bits per heavy atom. The van der Waals surface area contributed by atoms with Crippen molar-refractivity contribution in [3.8, 4) is 5.13 Å². The molecular formula is C22H39N5S2. The van der Waals surface area contributed by atoms with E-state index in [-0.39, 0.29) is 0 Å². The zero-order chi connectivity index (χ0) is 20.7. The normalized spacial score (nSPS) is 11.4. The van der Waals surface area contributed by atoms with Gasteiger partial charge in [0.1, 0.15) is 10.8 Å². The molecule has 1 N–H and O–H groups in total. The molecule has 0 aliphatic rings. The summed E-state index contributed by atoms with van der Waals surface area (Å²) in [5.41, 5.74) is 0. The number of H-pyrrole nitrogens is 1. The van der Waals surface area contributed by atoms with Gasteiger partial charge in [-0.25, -0.2) is 4.57 Å². The molecular weight excluding hydrogens is 398 g/mol. The molecule has 0 fully saturated rings. The lowest BCUT2D eigenvalue weighted by Crippen LogP contribution is -2.01. The predicted octanol–water partition coefficient (Wildman–Crippen LogP) is 7.37. The number of aromatic amines is 1. The molecule has 0 radical (unpaired) electrons. The highest BCUT2D eigenvalue weighted by Gasteiger charge is 2.13. The zero-order valence-electron chi connectivity index (χ0n) is 18.4. The maximum absolute atomic E-state index is 5.44. The van der Waals surface area contributed by atoms with Crippen LogP contribution in [0.1, 0.15) is 115 Å². The third kappa shape index (κ3) is 9.08. The Balaban J connectivity index is 1.72. The Labute approximate surface area is 185 Å². The van der Waals surface area contributed by atoms with Gasteiger partial charge in [0, 0.05) is 12.8 Å². The summed E-state index contributed by atoms with van der Waals surface area (Å²) in [6.07, 6.45) is 20.3. The molecule has 2 aromatic heterocycles. The SMILES string of the molecule is CCCCCCCCCCCc1nnc(-n2c(CCCCCCC)n[nH]c2=S)s1. The number of aromatic nitrogens is 5. The number of unbranched alkanes of at least 4 members (excludes halogenated alkanes) is 12. The second-order valence-electron chi connectivity index (χ2n) is 8.00. The van der Waals surface area contributed by atoms with Crippen LogP contribution >= 0.6 is 23.6 Å². The van der Waals surface area contributed by atoms with Gasteiger partial charge in [-0.2, -0.15) is 5.10 Å². The molecule has 2 rings (SSSR count). The molecule has 164 valence electrons. The number of nitrogens with zero attached hydrogens (tertiary/aromatic N) is 4. The van der Waals surface area contributed by atoms with Crippen molar-refractivity contribution >= 4 is 23.6 Å². The van der Waals surface area contributed by atoms with E-state index in [1.807, 2.05) is 4.57 Å². The highest BCUT2D eigenvalue weighted by Crippen LogP contribution is 2.20. The fraction of sp³-hybridized carbons (Fsp3) is 0.818. The van der Waals surface area contributed by atoms with Gasteiger partial charge in [-0.15, -0.1) is 10.2 Å². The van der Waals surface area contributed by atoms with E-state index in [1.165, 1.54) is 83.5 Å². The van der Waals surface area contributed by atoms with E-state index in [0.717, 1.165) is 35.2 Å². The first-order valence-corrected chi connectivity index (χ1v) is 13.0. The molecule has 0 spiro atoms. The standard InChI is InChI=1S/C22H39N5S2/c1-3-5-7-9-10-11-12-14-16-18-20-24-26-22(29-20)27-19(23-25-21(27)28)17-15-13-8-6-4-2/h3-18H2,1-2H3,(H,25,28). The van der Waals surface area contributed by atoms with Gasteiger partial charge in [-0.1, -0.05) is 102 Å². The summed E-state index contributed by atoms with van der Waals surface area (Å²) in [7, 11) is 0. The van der Waals surface area contributed by atoms with E-state index in [9.17, 15) is 0 Å². The lowest BCUT2D eigenvalue weighted by atomic mass is 10.1. The van der Waals surface area contributed by atoms with Crippen molar-refractivity contribution in [1.29, 1.82) is 0 Å². The van der Waals surface area contributed by atoms with Gasteiger partial charge >= 0.3 is 0 Å². The van der Waals surface area contributed by atoms with Crippen LogP contribution < -0.4 is 0 Å². The van der Waals surface area contributed by atoms with Crippen LogP contribution in [-0.4, -0.2) is 25.0 Å². The van der Waals surface area contributed by atoms with E-state index in [2.05, 4.69) is 34.2 Å².